The van der Waals surface area contributed by atoms with Crippen LogP contribution in [0.5, 0.6) is 11.5 Å². The van der Waals surface area contributed by atoms with E-state index in [0.29, 0.717) is 0 Å². The van der Waals surface area contributed by atoms with Gasteiger partial charge in [0.2, 0.25) is 0 Å². The summed E-state index contributed by atoms with van der Waals surface area (Å²) < 4.78 is 12.6. The van der Waals surface area contributed by atoms with Gasteiger partial charge in [-0.2, -0.15) is 5.10 Å². The van der Waals surface area contributed by atoms with E-state index in [1.54, 1.807) is 14.2 Å². The molecule has 0 fully saturated rings. The molecule has 3 aromatic carbocycles. The minimum atomic E-state index is 0.0962. The molecule has 0 aromatic heterocycles. The lowest BCUT2D eigenvalue weighted by molar-refractivity contribution is 0.414. The van der Waals surface area contributed by atoms with E-state index in [4.69, 9.17) is 14.6 Å². The van der Waals surface area contributed by atoms with Gasteiger partial charge in [0.15, 0.2) is 0 Å². The summed E-state index contributed by atoms with van der Waals surface area (Å²) in [6.07, 6.45) is 4.98. The summed E-state index contributed by atoms with van der Waals surface area (Å²) >= 11 is 7.23. The van der Waals surface area contributed by atoms with Crippen molar-refractivity contribution < 1.29 is 9.47 Å². The van der Waals surface area contributed by atoms with E-state index in [9.17, 15) is 0 Å². The first kappa shape index (κ1) is 21.7. The van der Waals surface area contributed by atoms with Crippen LogP contribution >= 0.6 is 31.9 Å². The summed E-state index contributed by atoms with van der Waals surface area (Å²) in [4.78, 5) is 0. The monoisotopic (exact) mass is 540 g/mol. The molecule has 1 heterocycles. The molecule has 0 spiro atoms. The van der Waals surface area contributed by atoms with E-state index in [-0.39, 0.29) is 6.04 Å². The number of nitrogens with zero attached hydrogens (tertiary/aromatic N) is 2. The average Bonchev–Trinajstić information content (AvgIpc) is 3.22. The number of methoxy groups -OCH3 is 2. The number of halogens is 2. The Morgan fingerprint density at radius 2 is 1.52 bits per heavy atom. The summed E-state index contributed by atoms with van der Waals surface area (Å²) in [5, 5.41) is 7.05. The summed E-state index contributed by atoms with van der Waals surface area (Å²) in [6.45, 7) is 0. The molecule has 31 heavy (non-hydrogen) atoms. The average molecular weight is 542 g/mol. The van der Waals surface area contributed by atoms with Gasteiger partial charge in [0, 0.05) is 15.4 Å². The Balaban J connectivity index is 1.65. The van der Waals surface area contributed by atoms with Gasteiger partial charge in [-0.25, -0.2) is 0 Å². The van der Waals surface area contributed by atoms with Crippen molar-refractivity contribution in [1.29, 1.82) is 0 Å². The third-order valence-corrected chi connectivity index (χ3v) is 6.30. The van der Waals surface area contributed by atoms with Crippen molar-refractivity contribution in [3.05, 3.63) is 92.9 Å². The number of anilines is 1. The molecule has 1 atom stereocenters. The second-order valence-electron chi connectivity index (χ2n) is 7.13. The van der Waals surface area contributed by atoms with Crippen LogP contribution in [0.2, 0.25) is 0 Å². The molecule has 0 radical (unpaired) electrons. The lowest BCUT2D eigenvalue weighted by Crippen LogP contribution is -2.18. The molecule has 1 aliphatic heterocycles. The number of hydrazone groups is 1. The van der Waals surface area contributed by atoms with Crippen LogP contribution in [0.3, 0.4) is 0 Å². The number of allylic oxidation sites excluding steroid dienone is 1. The first-order chi connectivity index (χ1) is 15.1. The van der Waals surface area contributed by atoms with Gasteiger partial charge in [-0.3, -0.25) is 5.01 Å². The smallest absolute Gasteiger partial charge is 0.118 e. The quantitative estimate of drug-likeness (QED) is 0.329. The van der Waals surface area contributed by atoms with Gasteiger partial charge in [0.05, 0.1) is 31.7 Å². The van der Waals surface area contributed by atoms with Gasteiger partial charge in [0.1, 0.15) is 11.5 Å². The van der Waals surface area contributed by atoms with Gasteiger partial charge < -0.3 is 9.47 Å². The van der Waals surface area contributed by atoms with E-state index in [0.717, 1.165) is 43.8 Å². The second kappa shape index (κ2) is 9.71. The first-order valence-electron chi connectivity index (χ1n) is 9.85. The van der Waals surface area contributed by atoms with Crippen LogP contribution in [0.1, 0.15) is 23.6 Å². The van der Waals surface area contributed by atoms with Gasteiger partial charge >= 0.3 is 0 Å². The van der Waals surface area contributed by atoms with Crippen molar-refractivity contribution >= 4 is 49.3 Å². The van der Waals surface area contributed by atoms with Crippen LogP contribution in [-0.4, -0.2) is 19.9 Å². The third-order valence-electron chi connectivity index (χ3n) is 5.17. The fraction of sp³-hybridized carbons (Fsp3) is 0.160. The fourth-order valence-electron chi connectivity index (χ4n) is 3.52. The molecule has 1 aliphatic rings. The minimum absolute atomic E-state index is 0.0962. The van der Waals surface area contributed by atoms with Crippen molar-refractivity contribution in [2.45, 2.75) is 12.5 Å². The van der Waals surface area contributed by atoms with Gasteiger partial charge in [0.25, 0.3) is 0 Å². The maximum atomic E-state index is 5.33. The van der Waals surface area contributed by atoms with E-state index in [1.807, 2.05) is 48.5 Å². The fourth-order valence-corrected chi connectivity index (χ4v) is 4.74. The molecule has 3 aromatic rings. The molecule has 4 nitrogen and oxygen atoms in total. The highest BCUT2D eigenvalue weighted by atomic mass is 79.9. The van der Waals surface area contributed by atoms with E-state index in [2.05, 4.69) is 67.2 Å². The van der Waals surface area contributed by atoms with Crippen molar-refractivity contribution in [1.82, 2.24) is 0 Å². The molecular weight excluding hydrogens is 520 g/mol. The van der Waals surface area contributed by atoms with Gasteiger partial charge in [-0.1, -0.05) is 46.3 Å². The molecule has 0 aliphatic carbocycles. The molecule has 158 valence electrons. The van der Waals surface area contributed by atoms with Gasteiger partial charge in [-0.05, 0) is 75.6 Å². The van der Waals surface area contributed by atoms with Gasteiger partial charge in [-0.15, -0.1) is 0 Å². The number of hydrogen-bond donors (Lipinski definition) is 0. The predicted molar refractivity (Wildman–Crippen MR) is 134 cm³/mol. The largest absolute Gasteiger partial charge is 0.497 e. The number of ether oxygens (including phenoxy) is 2. The molecule has 0 saturated carbocycles. The zero-order valence-corrected chi connectivity index (χ0v) is 20.4. The molecule has 1 unspecified atom stereocenters. The third kappa shape index (κ3) is 5.02. The second-order valence-corrected chi connectivity index (χ2v) is 8.90. The maximum absolute atomic E-state index is 5.33. The summed E-state index contributed by atoms with van der Waals surface area (Å²) in [7, 11) is 3.35. The summed E-state index contributed by atoms with van der Waals surface area (Å²) in [5.74, 6) is 1.69. The highest BCUT2D eigenvalue weighted by molar-refractivity contribution is 9.11. The summed E-state index contributed by atoms with van der Waals surface area (Å²) in [5.41, 5.74) is 4.34. The molecule has 0 amide bonds. The Labute approximate surface area is 199 Å². The van der Waals surface area contributed by atoms with Crippen molar-refractivity contribution in [2.75, 3.05) is 19.2 Å². The first-order valence-corrected chi connectivity index (χ1v) is 11.4. The Bertz CT molecular complexity index is 1110. The van der Waals surface area contributed by atoms with Crippen molar-refractivity contribution in [3.8, 4) is 11.5 Å². The van der Waals surface area contributed by atoms with Crippen LogP contribution in [0.25, 0.3) is 6.08 Å². The van der Waals surface area contributed by atoms with Crippen LogP contribution in [0.15, 0.2) is 86.9 Å². The van der Waals surface area contributed by atoms with Crippen LogP contribution < -0.4 is 14.5 Å². The zero-order chi connectivity index (χ0) is 21.8. The number of benzene rings is 3. The predicted octanol–water partition coefficient (Wildman–Crippen LogP) is 7.25. The van der Waals surface area contributed by atoms with E-state index >= 15 is 0 Å². The lowest BCUT2D eigenvalue weighted by atomic mass is 10.0. The molecule has 0 N–H and O–H groups in total. The molecular formula is C25H22Br2N2O2. The zero-order valence-electron chi connectivity index (χ0n) is 17.3. The Kier molecular flexibility index (Phi) is 6.78. The lowest BCUT2D eigenvalue weighted by Gasteiger charge is -2.25. The number of hydrogen-bond acceptors (Lipinski definition) is 4. The molecule has 0 bridgehead atoms. The Hall–Kier alpha value is -2.57. The Morgan fingerprint density at radius 1 is 0.871 bits per heavy atom. The molecule has 0 saturated heterocycles. The summed E-state index contributed by atoms with van der Waals surface area (Å²) in [6, 6.07) is 22.4. The highest BCUT2D eigenvalue weighted by Crippen LogP contribution is 2.40. The van der Waals surface area contributed by atoms with Crippen LogP contribution in [0.4, 0.5) is 5.69 Å². The van der Waals surface area contributed by atoms with Crippen LogP contribution in [-0.2, 0) is 0 Å². The molecule has 4 rings (SSSR count). The standard InChI is InChI=1S/C25H22Br2N2O2/c1-30-21-10-4-17(5-11-21)3-9-20-16-25(18-6-12-22(31-2)13-7-18)29(28-20)24-14-8-19(26)15-23(24)27/h3-15,25H,16H2,1-2H3/b9-3+. The van der Waals surface area contributed by atoms with E-state index in [1.165, 1.54) is 5.56 Å². The van der Waals surface area contributed by atoms with Crippen LogP contribution in [0, 0.1) is 0 Å². The highest BCUT2D eigenvalue weighted by Gasteiger charge is 2.29. The normalized spacial score (nSPS) is 15.9. The SMILES string of the molecule is COc1ccc(/C=C/C2=NN(c3ccc(Br)cc3Br)C(c3ccc(OC)cc3)C2)cc1. The van der Waals surface area contributed by atoms with Crippen molar-refractivity contribution in [2.24, 2.45) is 5.10 Å². The van der Waals surface area contributed by atoms with Crippen molar-refractivity contribution in [3.63, 3.8) is 0 Å². The molecule has 6 heteroatoms. The van der Waals surface area contributed by atoms with E-state index < -0.39 is 0 Å². The number of rotatable bonds is 6. The minimum Gasteiger partial charge on any atom is -0.497 e. The topological polar surface area (TPSA) is 34.1 Å². The Morgan fingerprint density at radius 3 is 2.13 bits per heavy atom. The maximum Gasteiger partial charge on any atom is 0.118 e.